The van der Waals surface area contributed by atoms with Crippen LogP contribution in [0.3, 0.4) is 0 Å². The zero-order chi connectivity index (χ0) is 10.1. The number of nitrogens with one attached hydrogen (secondary N) is 1. The molecule has 1 amide bonds. The van der Waals surface area contributed by atoms with Crippen LogP contribution in [0.5, 0.6) is 11.5 Å². The van der Waals surface area contributed by atoms with Crippen LogP contribution in [0, 0.1) is 6.92 Å². The molecule has 1 N–H and O–H groups in total. The smallest absolute Gasteiger partial charge is 0.262 e. The summed E-state index contributed by atoms with van der Waals surface area (Å²) in [5.74, 6) is 1.31. The molecule has 0 saturated carbocycles. The van der Waals surface area contributed by atoms with Gasteiger partial charge in [0.2, 0.25) is 0 Å². The van der Waals surface area contributed by atoms with Crippen molar-refractivity contribution in [1.29, 1.82) is 0 Å². The number of carbonyl (C=O) groups is 1. The fourth-order valence-corrected chi connectivity index (χ4v) is 1.48. The molecule has 0 saturated heterocycles. The van der Waals surface area contributed by atoms with E-state index < -0.39 is 0 Å². The highest BCUT2D eigenvalue weighted by molar-refractivity contribution is 5.96. The van der Waals surface area contributed by atoms with Gasteiger partial charge in [-0.3, -0.25) is 4.79 Å². The number of hydrogen-bond acceptors (Lipinski definition) is 3. The van der Waals surface area contributed by atoms with Crippen molar-refractivity contribution in [3.05, 3.63) is 17.7 Å². The average molecular weight is 193 g/mol. The van der Waals surface area contributed by atoms with Crippen LogP contribution in [0.15, 0.2) is 12.1 Å². The van der Waals surface area contributed by atoms with Crippen molar-refractivity contribution in [2.45, 2.75) is 6.92 Å². The van der Waals surface area contributed by atoms with Gasteiger partial charge in [-0.1, -0.05) is 0 Å². The van der Waals surface area contributed by atoms with Gasteiger partial charge in [0.25, 0.3) is 5.91 Å². The zero-order valence-corrected chi connectivity index (χ0v) is 8.09. The minimum atomic E-state index is -0.131. The Balaban J connectivity index is 2.50. The van der Waals surface area contributed by atoms with Crippen molar-refractivity contribution in [2.24, 2.45) is 0 Å². The van der Waals surface area contributed by atoms with E-state index >= 15 is 0 Å². The van der Waals surface area contributed by atoms with Crippen molar-refractivity contribution in [1.82, 2.24) is 0 Å². The number of hydrogen-bond donors (Lipinski definition) is 1. The standard InChI is InChI=1S/C10H11NO3/c1-6-7(13-2)3-4-8-10(6)11-9(12)5-14-8/h3-4H,5H2,1-2H3,(H,11,12). The summed E-state index contributed by atoms with van der Waals surface area (Å²) in [7, 11) is 1.60. The number of rotatable bonds is 1. The predicted octanol–water partition coefficient (Wildman–Crippen LogP) is 1.33. The third-order valence-corrected chi connectivity index (χ3v) is 2.22. The van der Waals surface area contributed by atoms with E-state index in [4.69, 9.17) is 9.47 Å². The molecule has 1 aliphatic heterocycles. The lowest BCUT2D eigenvalue weighted by atomic mass is 10.1. The summed E-state index contributed by atoms with van der Waals surface area (Å²) >= 11 is 0. The first-order chi connectivity index (χ1) is 6.72. The Morgan fingerprint density at radius 2 is 2.29 bits per heavy atom. The van der Waals surface area contributed by atoms with Gasteiger partial charge in [-0.2, -0.15) is 0 Å². The molecule has 2 rings (SSSR count). The van der Waals surface area contributed by atoms with Crippen LogP contribution in [0.25, 0.3) is 0 Å². The number of methoxy groups -OCH3 is 1. The highest BCUT2D eigenvalue weighted by Crippen LogP contribution is 2.36. The monoisotopic (exact) mass is 193 g/mol. The molecule has 1 heterocycles. The molecule has 0 bridgehead atoms. The van der Waals surface area contributed by atoms with Gasteiger partial charge in [0, 0.05) is 5.56 Å². The number of benzene rings is 1. The maximum atomic E-state index is 11.1. The SMILES string of the molecule is COc1ccc2c(c1C)NC(=O)CO2. The van der Waals surface area contributed by atoms with Gasteiger partial charge in [0.05, 0.1) is 12.8 Å². The molecule has 4 nitrogen and oxygen atoms in total. The largest absolute Gasteiger partial charge is 0.496 e. The molecule has 0 atom stereocenters. The summed E-state index contributed by atoms with van der Waals surface area (Å²) in [4.78, 5) is 11.1. The Labute approximate surface area is 81.8 Å². The number of amides is 1. The maximum absolute atomic E-state index is 11.1. The van der Waals surface area contributed by atoms with E-state index in [1.807, 2.05) is 13.0 Å². The van der Waals surface area contributed by atoms with Crippen molar-refractivity contribution < 1.29 is 14.3 Å². The molecule has 0 radical (unpaired) electrons. The van der Waals surface area contributed by atoms with E-state index in [9.17, 15) is 4.79 Å². The lowest BCUT2D eigenvalue weighted by molar-refractivity contribution is -0.118. The molecule has 1 aliphatic rings. The normalized spacial score (nSPS) is 14.0. The molecule has 14 heavy (non-hydrogen) atoms. The molecule has 4 heteroatoms. The average Bonchev–Trinajstić information content (AvgIpc) is 2.20. The first kappa shape index (κ1) is 8.87. The fraction of sp³-hybridized carbons (Fsp3) is 0.300. The minimum Gasteiger partial charge on any atom is -0.496 e. The fourth-order valence-electron chi connectivity index (χ4n) is 1.48. The second-order valence-corrected chi connectivity index (χ2v) is 3.10. The Morgan fingerprint density at radius 1 is 1.50 bits per heavy atom. The summed E-state index contributed by atoms with van der Waals surface area (Å²) in [5, 5.41) is 2.76. The lowest BCUT2D eigenvalue weighted by Gasteiger charge is -2.20. The summed E-state index contributed by atoms with van der Waals surface area (Å²) in [6.07, 6.45) is 0. The first-order valence-electron chi connectivity index (χ1n) is 4.32. The van der Waals surface area contributed by atoms with Crippen LogP contribution in [-0.4, -0.2) is 19.6 Å². The lowest BCUT2D eigenvalue weighted by Crippen LogP contribution is -2.26. The van der Waals surface area contributed by atoms with Crippen LogP contribution in [-0.2, 0) is 4.79 Å². The second kappa shape index (κ2) is 3.21. The molecule has 0 aliphatic carbocycles. The van der Waals surface area contributed by atoms with Crippen LogP contribution in [0.2, 0.25) is 0 Å². The third-order valence-electron chi connectivity index (χ3n) is 2.22. The second-order valence-electron chi connectivity index (χ2n) is 3.10. The van der Waals surface area contributed by atoms with Gasteiger partial charge in [0.1, 0.15) is 11.5 Å². The topological polar surface area (TPSA) is 47.6 Å². The summed E-state index contributed by atoms with van der Waals surface area (Å²) in [6.45, 7) is 1.96. The number of ether oxygens (including phenoxy) is 2. The Hall–Kier alpha value is -1.71. The van der Waals surface area contributed by atoms with Gasteiger partial charge >= 0.3 is 0 Å². The Bertz CT molecular complexity index is 387. The molecule has 0 aromatic heterocycles. The summed E-state index contributed by atoms with van der Waals surface area (Å²) in [5.41, 5.74) is 1.60. The molecule has 74 valence electrons. The van der Waals surface area contributed by atoms with Crippen molar-refractivity contribution in [3.8, 4) is 11.5 Å². The van der Waals surface area contributed by atoms with Crippen molar-refractivity contribution in [2.75, 3.05) is 19.0 Å². The molecular weight excluding hydrogens is 182 g/mol. The van der Waals surface area contributed by atoms with Gasteiger partial charge in [-0.15, -0.1) is 0 Å². The van der Waals surface area contributed by atoms with Crippen molar-refractivity contribution in [3.63, 3.8) is 0 Å². The molecule has 0 spiro atoms. The molecule has 1 aromatic carbocycles. The number of fused-ring (bicyclic) bond motifs is 1. The van der Waals surface area contributed by atoms with Gasteiger partial charge in [-0.25, -0.2) is 0 Å². The molecule has 0 fully saturated rings. The van der Waals surface area contributed by atoms with Gasteiger partial charge in [-0.05, 0) is 19.1 Å². The van der Waals surface area contributed by atoms with Crippen LogP contribution in [0.4, 0.5) is 5.69 Å². The van der Waals surface area contributed by atoms with Crippen molar-refractivity contribution >= 4 is 11.6 Å². The molecule has 1 aromatic rings. The van der Waals surface area contributed by atoms with Crippen LogP contribution < -0.4 is 14.8 Å². The number of anilines is 1. The van der Waals surface area contributed by atoms with Crippen LogP contribution >= 0.6 is 0 Å². The van der Waals surface area contributed by atoms with Crippen LogP contribution in [0.1, 0.15) is 5.56 Å². The first-order valence-corrected chi connectivity index (χ1v) is 4.32. The quantitative estimate of drug-likeness (QED) is 0.732. The van der Waals surface area contributed by atoms with E-state index in [-0.39, 0.29) is 12.5 Å². The van der Waals surface area contributed by atoms with Gasteiger partial charge in [0.15, 0.2) is 6.61 Å². The van der Waals surface area contributed by atoms with E-state index in [2.05, 4.69) is 5.32 Å². The highest BCUT2D eigenvalue weighted by atomic mass is 16.5. The Morgan fingerprint density at radius 3 is 3.00 bits per heavy atom. The predicted molar refractivity (Wildman–Crippen MR) is 51.9 cm³/mol. The minimum absolute atomic E-state index is 0.0821. The van der Waals surface area contributed by atoms with E-state index in [1.165, 1.54) is 0 Å². The van der Waals surface area contributed by atoms with Gasteiger partial charge < -0.3 is 14.8 Å². The van der Waals surface area contributed by atoms with E-state index in [0.717, 1.165) is 11.3 Å². The van der Waals surface area contributed by atoms with E-state index in [0.29, 0.717) is 11.4 Å². The maximum Gasteiger partial charge on any atom is 0.262 e. The third kappa shape index (κ3) is 1.28. The van der Waals surface area contributed by atoms with E-state index in [1.54, 1.807) is 13.2 Å². The summed E-state index contributed by atoms with van der Waals surface area (Å²) < 4.78 is 10.4. The zero-order valence-electron chi connectivity index (χ0n) is 8.09. The molecule has 0 unspecified atom stereocenters. The highest BCUT2D eigenvalue weighted by Gasteiger charge is 2.19. The summed E-state index contributed by atoms with van der Waals surface area (Å²) in [6, 6.07) is 3.62. The Kier molecular flexibility index (Phi) is 2.04. The number of carbonyl (C=O) groups excluding carboxylic acids is 1. The molecular formula is C10H11NO3.